The highest BCUT2D eigenvalue weighted by Crippen LogP contribution is 2.49. The van der Waals surface area contributed by atoms with Gasteiger partial charge < -0.3 is 4.90 Å². The molecular weight excluding hydrogens is 176 g/mol. The Morgan fingerprint density at radius 2 is 2.14 bits per heavy atom. The van der Waals surface area contributed by atoms with Crippen molar-refractivity contribution in [3.8, 4) is 0 Å². The number of rotatable bonds is 3. The van der Waals surface area contributed by atoms with E-state index in [1.807, 2.05) is 11.8 Å². The molecule has 3 heteroatoms. The molecule has 0 aromatic carbocycles. The van der Waals surface area contributed by atoms with Crippen molar-refractivity contribution in [1.29, 1.82) is 0 Å². The molecule has 1 heterocycles. The maximum atomic E-state index is 11.8. The van der Waals surface area contributed by atoms with Crippen LogP contribution in [-0.4, -0.2) is 29.6 Å². The highest BCUT2D eigenvalue weighted by molar-refractivity contribution is 5.83. The second kappa shape index (κ2) is 3.23. The van der Waals surface area contributed by atoms with Crippen LogP contribution >= 0.6 is 0 Å². The zero-order valence-electron chi connectivity index (χ0n) is 9.34. The van der Waals surface area contributed by atoms with Gasteiger partial charge in [-0.3, -0.25) is 10.1 Å². The van der Waals surface area contributed by atoms with Crippen LogP contribution in [0.4, 0.5) is 0 Å². The fraction of sp³-hybridized carbons (Fsp3) is 0.909. The van der Waals surface area contributed by atoms with Crippen molar-refractivity contribution in [3.05, 3.63) is 0 Å². The Morgan fingerprint density at radius 3 is 2.50 bits per heavy atom. The summed E-state index contributed by atoms with van der Waals surface area (Å²) in [6, 6.07) is 0.0117. The molecule has 1 N–H and O–H groups in total. The Balaban J connectivity index is 2.00. The number of carbonyl (C=O) groups is 1. The van der Waals surface area contributed by atoms with Crippen LogP contribution in [0.1, 0.15) is 40.0 Å². The molecule has 80 valence electrons. The lowest BCUT2D eigenvalue weighted by Crippen LogP contribution is -2.38. The van der Waals surface area contributed by atoms with Crippen LogP contribution in [0.5, 0.6) is 0 Å². The molecule has 2 fully saturated rings. The molecule has 0 aromatic rings. The Bertz CT molecular complexity index is 248. The normalized spacial score (nSPS) is 35.1. The summed E-state index contributed by atoms with van der Waals surface area (Å²) in [5, 5.41) is 3.27. The van der Waals surface area contributed by atoms with Gasteiger partial charge in [-0.2, -0.15) is 0 Å². The van der Waals surface area contributed by atoms with Gasteiger partial charge in [-0.25, -0.2) is 0 Å². The molecule has 3 nitrogen and oxygen atoms in total. The van der Waals surface area contributed by atoms with E-state index in [2.05, 4.69) is 19.2 Å². The predicted octanol–water partition coefficient (Wildman–Crippen LogP) is 1.34. The summed E-state index contributed by atoms with van der Waals surface area (Å²) in [6.45, 7) is 7.22. The lowest BCUT2D eigenvalue weighted by molar-refractivity contribution is -0.130. The minimum Gasteiger partial charge on any atom is -0.326 e. The zero-order chi connectivity index (χ0) is 10.3. The number of nitrogens with one attached hydrogen (secondary N) is 1. The van der Waals surface area contributed by atoms with E-state index in [0.29, 0.717) is 5.41 Å². The van der Waals surface area contributed by atoms with E-state index in [1.165, 1.54) is 19.3 Å². The lowest BCUT2D eigenvalue weighted by atomic mass is 10.0. The van der Waals surface area contributed by atoms with Gasteiger partial charge in [0.15, 0.2) is 0 Å². The molecule has 1 saturated heterocycles. The molecule has 1 aliphatic heterocycles. The smallest absolute Gasteiger partial charge is 0.240 e. The lowest BCUT2D eigenvalue weighted by Gasteiger charge is -2.25. The van der Waals surface area contributed by atoms with Crippen molar-refractivity contribution in [3.63, 3.8) is 0 Å². The molecule has 1 amide bonds. The fourth-order valence-corrected chi connectivity index (χ4v) is 2.34. The molecular formula is C11H20N2O. The summed E-state index contributed by atoms with van der Waals surface area (Å²) in [7, 11) is 0. The standard InChI is InChI=1S/C11H20N2O/c1-4-11(5-6-11)7-13-9(3)12-8(2)10(13)14/h8-9,12H,4-7H2,1-3H3. The number of hydrogen-bond donors (Lipinski definition) is 1. The summed E-state index contributed by atoms with van der Waals surface area (Å²) in [5.74, 6) is 0.275. The predicted molar refractivity (Wildman–Crippen MR) is 55.7 cm³/mol. The Labute approximate surface area is 85.8 Å². The largest absolute Gasteiger partial charge is 0.326 e. The van der Waals surface area contributed by atoms with E-state index in [9.17, 15) is 4.79 Å². The summed E-state index contributed by atoms with van der Waals surface area (Å²) in [6.07, 6.45) is 4.03. The van der Waals surface area contributed by atoms with Crippen molar-refractivity contribution >= 4 is 5.91 Å². The molecule has 14 heavy (non-hydrogen) atoms. The summed E-state index contributed by atoms with van der Waals surface area (Å²) in [5.41, 5.74) is 0.468. The van der Waals surface area contributed by atoms with Crippen molar-refractivity contribution in [2.75, 3.05) is 6.54 Å². The van der Waals surface area contributed by atoms with Gasteiger partial charge in [0.2, 0.25) is 5.91 Å². The van der Waals surface area contributed by atoms with Gasteiger partial charge in [-0.15, -0.1) is 0 Å². The summed E-state index contributed by atoms with van der Waals surface area (Å²) >= 11 is 0. The molecule has 2 atom stereocenters. The van der Waals surface area contributed by atoms with Crippen molar-refractivity contribution < 1.29 is 4.79 Å². The minimum absolute atomic E-state index is 0.0117. The van der Waals surface area contributed by atoms with Gasteiger partial charge in [0, 0.05) is 6.54 Å². The van der Waals surface area contributed by atoms with E-state index in [1.54, 1.807) is 0 Å². The first-order chi connectivity index (χ1) is 6.58. The van der Waals surface area contributed by atoms with Crippen LogP contribution < -0.4 is 5.32 Å². The monoisotopic (exact) mass is 196 g/mol. The molecule has 1 saturated carbocycles. The third kappa shape index (κ3) is 1.54. The summed E-state index contributed by atoms with van der Waals surface area (Å²) in [4.78, 5) is 13.8. The molecule has 1 aliphatic carbocycles. The molecule has 2 aliphatic rings. The van der Waals surface area contributed by atoms with E-state index >= 15 is 0 Å². The number of hydrogen-bond acceptors (Lipinski definition) is 2. The SMILES string of the molecule is CCC1(CN2C(=O)C(C)NC2C)CC1. The summed E-state index contributed by atoms with van der Waals surface area (Å²) < 4.78 is 0. The van der Waals surface area contributed by atoms with E-state index < -0.39 is 0 Å². The van der Waals surface area contributed by atoms with Gasteiger partial charge in [0.05, 0.1) is 12.2 Å². The van der Waals surface area contributed by atoms with Crippen molar-refractivity contribution in [2.24, 2.45) is 5.41 Å². The van der Waals surface area contributed by atoms with E-state index in [-0.39, 0.29) is 18.1 Å². The molecule has 2 unspecified atom stereocenters. The maximum absolute atomic E-state index is 11.8. The Hall–Kier alpha value is -0.570. The van der Waals surface area contributed by atoms with Crippen LogP contribution in [0.25, 0.3) is 0 Å². The number of carbonyl (C=O) groups excluding carboxylic acids is 1. The van der Waals surface area contributed by atoms with Gasteiger partial charge in [0.1, 0.15) is 0 Å². The molecule has 2 rings (SSSR count). The van der Waals surface area contributed by atoms with Gasteiger partial charge >= 0.3 is 0 Å². The highest BCUT2D eigenvalue weighted by atomic mass is 16.2. The topological polar surface area (TPSA) is 32.3 Å². The average Bonchev–Trinajstić information content (AvgIpc) is 2.88. The maximum Gasteiger partial charge on any atom is 0.240 e. The Kier molecular flexibility index (Phi) is 2.30. The van der Waals surface area contributed by atoms with Gasteiger partial charge in [0.25, 0.3) is 0 Å². The first kappa shape index (κ1) is 9.97. The number of amides is 1. The van der Waals surface area contributed by atoms with E-state index in [4.69, 9.17) is 0 Å². The van der Waals surface area contributed by atoms with Crippen molar-refractivity contribution in [2.45, 2.75) is 52.2 Å². The molecule has 0 bridgehead atoms. The molecule has 0 radical (unpaired) electrons. The second-order valence-electron chi connectivity index (χ2n) is 4.88. The zero-order valence-corrected chi connectivity index (χ0v) is 9.34. The third-order valence-electron chi connectivity index (χ3n) is 3.83. The number of nitrogens with zero attached hydrogens (tertiary/aromatic N) is 1. The van der Waals surface area contributed by atoms with Crippen LogP contribution in [0.3, 0.4) is 0 Å². The van der Waals surface area contributed by atoms with Gasteiger partial charge in [-0.1, -0.05) is 6.92 Å². The highest BCUT2D eigenvalue weighted by Gasteiger charge is 2.46. The molecule has 0 aromatic heterocycles. The van der Waals surface area contributed by atoms with E-state index in [0.717, 1.165) is 6.54 Å². The fourth-order valence-electron chi connectivity index (χ4n) is 2.34. The van der Waals surface area contributed by atoms with Crippen LogP contribution in [0.15, 0.2) is 0 Å². The minimum atomic E-state index is 0.0117. The van der Waals surface area contributed by atoms with Gasteiger partial charge in [-0.05, 0) is 38.5 Å². The Morgan fingerprint density at radius 1 is 1.50 bits per heavy atom. The van der Waals surface area contributed by atoms with Crippen LogP contribution in [-0.2, 0) is 4.79 Å². The first-order valence-electron chi connectivity index (χ1n) is 5.64. The second-order valence-corrected chi connectivity index (χ2v) is 4.88. The van der Waals surface area contributed by atoms with Crippen molar-refractivity contribution in [1.82, 2.24) is 10.2 Å². The molecule has 0 spiro atoms. The van der Waals surface area contributed by atoms with Crippen LogP contribution in [0.2, 0.25) is 0 Å². The first-order valence-corrected chi connectivity index (χ1v) is 5.64. The third-order valence-corrected chi connectivity index (χ3v) is 3.83. The van der Waals surface area contributed by atoms with Crippen LogP contribution in [0, 0.1) is 5.41 Å². The average molecular weight is 196 g/mol. The quantitative estimate of drug-likeness (QED) is 0.739.